The third-order valence-corrected chi connectivity index (χ3v) is 6.63. The van der Waals surface area contributed by atoms with Gasteiger partial charge in [-0.25, -0.2) is 13.4 Å². The van der Waals surface area contributed by atoms with Crippen LogP contribution in [0.15, 0.2) is 41.8 Å². The van der Waals surface area contributed by atoms with E-state index >= 15 is 0 Å². The van der Waals surface area contributed by atoms with Crippen molar-refractivity contribution in [1.29, 1.82) is 0 Å². The average Bonchev–Trinajstić information content (AvgIpc) is 3.22. The van der Waals surface area contributed by atoms with Crippen LogP contribution in [-0.4, -0.2) is 48.4 Å². The van der Waals surface area contributed by atoms with Crippen molar-refractivity contribution >= 4 is 21.6 Å². The lowest BCUT2D eigenvalue weighted by Gasteiger charge is -2.26. The van der Waals surface area contributed by atoms with Gasteiger partial charge >= 0.3 is 0 Å². The van der Waals surface area contributed by atoms with E-state index < -0.39 is 16.1 Å². The molecule has 1 N–H and O–H groups in total. The van der Waals surface area contributed by atoms with E-state index in [2.05, 4.69) is 10.3 Å². The van der Waals surface area contributed by atoms with Gasteiger partial charge in [-0.3, -0.25) is 4.79 Å². The fraction of sp³-hybridized carbons (Fsp3) is 0.444. The Balaban J connectivity index is 1.86. The lowest BCUT2D eigenvalue weighted by atomic mass is 10.2. The van der Waals surface area contributed by atoms with Crippen LogP contribution in [0, 0.1) is 0 Å². The highest BCUT2D eigenvalue weighted by Gasteiger charge is 2.27. The van der Waals surface area contributed by atoms with Gasteiger partial charge in [-0.1, -0.05) is 6.42 Å². The highest BCUT2D eigenvalue weighted by atomic mass is 32.2. The molecule has 0 radical (unpaired) electrons. The maximum Gasteiger partial charge on any atom is 0.247 e. The van der Waals surface area contributed by atoms with E-state index in [9.17, 15) is 13.2 Å². The lowest BCUT2D eigenvalue weighted by molar-refractivity contribution is -0.118. The Morgan fingerprint density at radius 2 is 2.00 bits per heavy atom. The fourth-order valence-electron chi connectivity index (χ4n) is 3.07. The summed E-state index contributed by atoms with van der Waals surface area (Å²) in [5, 5.41) is 2.77. The van der Waals surface area contributed by atoms with Gasteiger partial charge in [0.1, 0.15) is 11.8 Å². The van der Waals surface area contributed by atoms with Gasteiger partial charge in [0.05, 0.1) is 24.0 Å². The molecule has 1 aromatic heterocycles. The van der Waals surface area contributed by atoms with Crippen LogP contribution in [0.5, 0.6) is 5.75 Å². The van der Waals surface area contributed by atoms with Gasteiger partial charge in [0, 0.05) is 25.5 Å². The first-order valence-electron chi connectivity index (χ1n) is 8.90. The molecule has 0 aliphatic carbocycles. The van der Waals surface area contributed by atoms with Crippen LogP contribution in [0.3, 0.4) is 0 Å². The molecule has 1 atom stereocenters. The SMILES string of the molecule is COc1ccc(S(=O)(=O)N2CCCCC2)cc1NC(=O)[C@H](C)n1ccnc1. The van der Waals surface area contributed by atoms with Crippen molar-refractivity contribution in [3.8, 4) is 5.75 Å². The molecule has 1 fully saturated rings. The van der Waals surface area contributed by atoms with Gasteiger partial charge in [0.25, 0.3) is 0 Å². The molecule has 0 spiro atoms. The number of imidazole rings is 1. The van der Waals surface area contributed by atoms with Gasteiger partial charge in [-0.15, -0.1) is 0 Å². The van der Waals surface area contributed by atoms with Gasteiger partial charge < -0.3 is 14.6 Å². The Morgan fingerprint density at radius 1 is 1.26 bits per heavy atom. The molecule has 3 rings (SSSR count). The van der Waals surface area contributed by atoms with Crippen molar-refractivity contribution in [2.45, 2.75) is 37.1 Å². The largest absolute Gasteiger partial charge is 0.495 e. The zero-order chi connectivity index (χ0) is 19.4. The number of anilines is 1. The molecule has 2 heterocycles. The minimum Gasteiger partial charge on any atom is -0.495 e. The molecule has 2 aromatic rings. The third-order valence-electron chi connectivity index (χ3n) is 4.73. The molecule has 0 bridgehead atoms. The number of hydrogen-bond donors (Lipinski definition) is 1. The van der Waals surface area contributed by atoms with Gasteiger partial charge in [0.15, 0.2) is 0 Å². The number of hydrogen-bond acceptors (Lipinski definition) is 5. The lowest BCUT2D eigenvalue weighted by Crippen LogP contribution is -2.35. The average molecular weight is 392 g/mol. The van der Waals surface area contributed by atoms with E-state index in [0.717, 1.165) is 19.3 Å². The molecule has 8 nitrogen and oxygen atoms in total. The number of nitrogens with zero attached hydrogens (tertiary/aromatic N) is 3. The number of amides is 1. The number of ether oxygens (including phenoxy) is 1. The second-order valence-corrected chi connectivity index (χ2v) is 8.44. The quantitative estimate of drug-likeness (QED) is 0.814. The molecule has 9 heteroatoms. The zero-order valence-electron chi connectivity index (χ0n) is 15.5. The van der Waals surface area contributed by atoms with Crippen LogP contribution in [0.4, 0.5) is 5.69 Å². The van der Waals surface area contributed by atoms with Gasteiger partial charge in [0.2, 0.25) is 15.9 Å². The molecular formula is C18H24N4O4S. The molecule has 1 aliphatic rings. The molecule has 146 valence electrons. The number of nitrogens with one attached hydrogen (secondary N) is 1. The van der Waals surface area contributed by atoms with E-state index in [4.69, 9.17) is 4.74 Å². The van der Waals surface area contributed by atoms with E-state index in [1.165, 1.54) is 23.5 Å². The van der Waals surface area contributed by atoms with Crippen LogP contribution in [-0.2, 0) is 14.8 Å². The van der Waals surface area contributed by atoms with E-state index in [1.807, 2.05) is 0 Å². The Kier molecular flexibility index (Phi) is 5.81. The number of methoxy groups -OCH3 is 1. The number of benzene rings is 1. The predicted molar refractivity (Wildman–Crippen MR) is 101 cm³/mol. The first-order valence-corrected chi connectivity index (χ1v) is 10.3. The van der Waals surface area contributed by atoms with Crippen molar-refractivity contribution in [2.24, 2.45) is 0 Å². The summed E-state index contributed by atoms with van der Waals surface area (Å²) >= 11 is 0. The highest BCUT2D eigenvalue weighted by molar-refractivity contribution is 7.89. The number of carbonyl (C=O) groups is 1. The van der Waals surface area contributed by atoms with Crippen molar-refractivity contribution in [3.63, 3.8) is 0 Å². The second-order valence-electron chi connectivity index (χ2n) is 6.50. The number of piperidine rings is 1. The van der Waals surface area contributed by atoms with Gasteiger partial charge in [-0.2, -0.15) is 4.31 Å². The maximum atomic E-state index is 12.9. The molecule has 1 saturated heterocycles. The van der Waals surface area contributed by atoms with Crippen LogP contribution in [0.1, 0.15) is 32.2 Å². The summed E-state index contributed by atoms with van der Waals surface area (Å²) in [5.74, 6) is 0.109. The summed E-state index contributed by atoms with van der Waals surface area (Å²) in [5.41, 5.74) is 0.326. The standard InChI is InChI=1S/C18H24N4O4S/c1-14(21-11-8-19-13-21)18(23)20-16-12-15(6-7-17(16)26-2)27(24,25)22-9-4-3-5-10-22/h6-8,11-14H,3-5,9-10H2,1-2H3,(H,20,23)/t14-/m0/s1. The van der Waals surface area contributed by atoms with Crippen LogP contribution in [0.2, 0.25) is 0 Å². The van der Waals surface area contributed by atoms with Crippen molar-refractivity contribution in [1.82, 2.24) is 13.9 Å². The molecule has 0 saturated carbocycles. The summed E-state index contributed by atoms with van der Waals surface area (Å²) in [6.07, 6.45) is 7.61. The monoisotopic (exact) mass is 392 g/mol. The summed E-state index contributed by atoms with van der Waals surface area (Å²) < 4.78 is 34.3. The second kappa shape index (κ2) is 8.10. The van der Waals surface area contributed by atoms with Crippen LogP contribution >= 0.6 is 0 Å². The summed E-state index contributed by atoms with van der Waals surface area (Å²) in [6.45, 7) is 2.78. The highest BCUT2D eigenvalue weighted by Crippen LogP contribution is 2.30. The van der Waals surface area contributed by atoms with E-state index in [-0.39, 0.29) is 10.8 Å². The Labute approximate surface area is 159 Å². The number of carbonyl (C=O) groups excluding carboxylic acids is 1. The number of aromatic nitrogens is 2. The molecule has 1 aromatic carbocycles. The minimum atomic E-state index is -3.60. The van der Waals surface area contributed by atoms with Crippen molar-refractivity contribution in [3.05, 3.63) is 36.9 Å². The van der Waals surface area contributed by atoms with Crippen LogP contribution in [0.25, 0.3) is 0 Å². The molecule has 27 heavy (non-hydrogen) atoms. The van der Waals surface area contributed by atoms with Crippen molar-refractivity contribution < 1.29 is 17.9 Å². The third kappa shape index (κ3) is 4.14. The zero-order valence-corrected chi connectivity index (χ0v) is 16.3. The topological polar surface area (TPSA) is 93.5 Å². The maximum absolute atomic E-state index is 12.9. The fourth-order valence-corrected chi connectivity index (χ4v) is 4.61. The van der Waals surface area contributed by atoms with Gasteiger partial charge in [-0.05, 0) is 38.0 Å². The smallest absolute Gasteiger partial charge is 0.247 e. The van der Waals surface area contributed by atoms with E-state index in [0.29, 0.717) is 24.5 Å². The Hall–Kier alpha value is -2.39. The predicted octanol–water partition coefficient (Wildman–Crippen LogP) is 2.27. The number of rotatable bonds is 6. The van der Waals surface area contributed by atoms with Crippen molar-refractivity contribution in [2.75, 3.05) is 25.5 Å². The van der Waals surface area contributed by atoms with Crippen LogP contribution < -0.4 is 10.1 Å². The normalized spacial score (nSPS) is 16.7. The summed E-state index contributed by atoms with van der Waals surface area (Å²) in [7, 11) is -2.12. The first kappa shape index (κ1) is 19.4. The molecule has 1 aliphatic heterocycles. The first-order chi connectivity index (χ1) is 12.9. The molecule has 1 amide bonds. The Morgan fingerprint density at radius 3 is 2.63 bits per heavy atom. The minimum absolute atomic E-state index is 0.149. The Bertz CT molecular complexity index is 890. The summed E-state index contributed by atoms with van der Waals surface area (Å²) in [6, 6.07) is 4.03. The molecule has 0 unspecified atom stereocenters. The number of sulfonamides is 1. The van der Waals surface area contributed by atoms with E-state index in [1.54, 1.807) is 36.3 Å². The molecular weight excluding hydrogens is 368 g/mol. The summed E-state index contributed by atoms with van der Waals surface area (Å²) in [4.78, 5) is 16.7.